The molecule has 0 fully saturated rings. The van der Waals surface area contributed by atoms with Gasteiger partial charge in [0.1, 0.15) is 0 Å². The number of rotatable bonds is 5. The number of hydrogen-bond acceptors (Lipinski definition) is 2. The predicted molar refractivity (Wildman–Crippen MR) is 87.5 cm³/mol. The number of nitrogens with zero attached hydrogens (tertiary/aromatic N) is 1. The fourth-order valence-electron chi connectivity index (χ4n) is 2.96. The average Bonchev–Trinajstić information content (AvgIpc) is 2.52. The maximum absolute atomic E-state index is 12.3. The van der Waals surface area contributed by atoms with Crippen LogP contribution in [0.3, 0.4) is 0 Å². The van der Waals surface area contributed by atoms with E-state index in [1.165, 1.54) is 27.7 Å². The molecule has 0 aliphatic heterocycles. The minimum Gasteiger partial charge on any atom is -0.348 e. The van der Waals surface area contributed by atoms with Crippen molar-refractivity contribution in [3.05, 3.63) is 47.5 Å². The van der Waals surface area contributed by atoms with Crippen LogP contribution in [0.2, 0.25) is 0 Å². The first-order chi connectivity index (χ1) is 10.5. The van der Waals surface area contributed by atoms with Gasteiger partial charge in [0.25, 0.3) is 0 Å². The highest BCUT2D eigenvalue weighted by atomic mass is 16.2. The number of carbonyl (C=O) groups is 2. The third-order valence-corrected chi connectivity index (χ3v) is 4.15. The summed E-state index contributed by atoms with van der Waals surface area (Å²) in [7, 11) is 0. The van der Waals surface area contributed by atoms with E-state index in [2.05, 4.69) is 37.0 Å². The Hall–Kier alpha value is -2.10. The van der Waals surface area contributed by atoms with Crippen molar-refractivity contribution >= 4 is 11.8 Å². The number of benzene rings is 1. The molecule has 0 saturated carbocycles. The van der Waals surface area contributed by atoms with Gasteiger partial charge in [-0.3, -0.25) is 9.59 Å². The Morgan fingerprint density at radius 2 is 2.23 bits per heavy atom. The van der Waals surface area contributed by atoms with Crippen molar-refractivity contribution in [2.45, 2.75) is 39.2 Å². The number of carbonyl (C=O) groups excluding carboxylic acids is 2. The van der Waals surface area contributed by atoms with E-state index in [9.17, 15) is 9.59 Å². The Morgan fingerprint density at radius 1 is 1.45 bits per heavy atom. The number of aryl methyl sites for hydroxylation is 2. The second-order valence-corrected chi connectivity index (χ2v) is 5.77. The number of amides is 2. The van der Waals surface area contributed by atoms with Gasteiger partial charge >= 0.3 is 0 Å². The van der Waals surface area contributed by atoms with Crippen LogP contribution >= 0.6 is 0 Å². The van der Waals surface area contributed by atoms with Crippen LogP contribution < -0.4 is 5.32 Å². The smallest absolute Gasteiger partial charge is 0.246 e. The normalized spacial score (nSPS) is 16.5. The van der Waals surface area contributed by atoms with Crippen LogP contribution in [0.25, 0.3) is 0 Å². The third-order valence-electron chi connectivity index (χ3n) is 4.15. The molecule has 1 N–H and O–H groups in total. The molecule has 0 aromatic heterocycles. The zero-order valence-electron chi connectivity index (χ0n) is 13.4. The molecule has 0 unspecified atom stereocenters. The third kappa shape index (κ3) is 3.75. The molecule has 4 heteroatoms. The zero-order valence-corrected chi connectivity index (χ0v) is 13.4. The molecule has 1 aliphatic rings. The Balaban J connectivity index is 2.05. The molecule has 0 saturated heterocycles. The lowest BCUT2D eigenvalue weighted by atomic mass is 9.86. The molecule has 2 amide bonds. The Bertz CT molecular complexity index is 580. The number of nitrogens with one attached hydrogen (secondary N) is 1. The van der Waals surface area contributed by atoms with Crippen molar-refractivity contribution in [3.8, 4) is 0 Å². The van der Waals surface area contributed by atoms with Crippen LogP contribution in [0.1, 0.15) is 42.5 Å². The van der Waals surface area contributed by atoms with Crippen molar-refractivity contribution < 1.29 is 9.59 Å². The van der Waals surface area contributed by atoms with Crippen molar-refractivity contribution in [1.82, 2.24) is 10.2 Å². The van der Waals surface area contributed by atoms with Gasteiger partial charge in [0, 0.05) is 6.54 Å². The number of fused-ring (bicyclic) bond motifs is 1. The quantitative estimate of drug-likeness (QED) is 0.850. The lowest BCUT2D eigenvalue weighted by molar-refractivity contribution is -0.132. The Labute approximate surface area is 132 Å². The maximum atomic E-state index is 12.3. The van der Waals surface area contributed by atoms with Gasteiger partial charge in [0.2, 0.25) is 11.8 Å². The van der Waals surface area contributed by atoms with Gasteiger partial charge in [-0.15, -0.1) is 0 Å². The molecule has 1 atom stereocenters. The first-order valence-corrected chi connectivity index (χ1v) is 7.85. The van der Waals surface area contributed by atoms with Crippen LogP contribution in [-0.2, 0) is 16.0 Å². The molecule has 0 radical (unpaired) electrons. The summed E-state index contributed by atoms with van der Waals surface area (Å²) in [5, 5.41) is 3.08. The highest BCUT2D eigenvalue weighted by molar-refractivity contribution is 5.91. The van der Waals surface area contributed by atoms with E-state index in [1.807, 2.05) is 6.92 Å². The second-order valence-electron chi connectivity index (χ2n) is 5.77. The average molecular weight is 300 g/mol. The van der Waals surface area contributed by atoms with Gasteiger partial charge in [0.05, 0.1) is 12.6 Å². The summed E-state index contributed by atoms with van der Waals surface area (Å²) in [6.07, 6.45) is 4.34. The van der Waals surface area contributed by atoms with Gasteiger partial charge in [-0.2, -0.15) is 0 Å². The largest absolute Gasteiger partial charge is 0.348 e. The SMILES string of the molecule is C=CC(=O)N(CC)CC(=O)N[C@H]1CCCc2ccc(C)cc21. The van der Waals surface area contributed by atoms with Crippen molar-refractivity contribution in [1.29, 1.82) is 0 Å². The highest BCUT2D eigenvalue weighted by Gasteiger charge is 2.23. The van der Waals surface area contributed by atoms with Crippen LogP contribution in [-0.4, -0.2) is 29.8 Å². The molecule has 0 spiro atoms. The molecule has 2 rings (SSSR count). The van der Waals surface area contributed by atoms with Gasteiger partial charge < -0.3 is 10.2 Å². The molecule has 0 heterocycles. The lowest BCUT2D eigenvalue weighted by Crippen LogP contribution is -2.41. The Morgan fingerprint density at radius 3 is 2.91 bits per heavy atom. The van der Waals surface area contributed by atoms with E-state index in [4.69, 9.17) is 0 Å². The minimum atomic E-state index is -0.211. The standard InChI is InChI=1S/C18H24N2O2/c1-4-18(22)20(5-2)12-17(21)19-16-8-6-7-14-10-9-13(3)11-15(14)16/h4,9-11,16H,1,5-8,12H2,2-3H3,(H,19,21)/t16-/m0/s1. The van der Waals surface area contributed by atoms with E-state index in [-0.39, 0.29) is 24.4 Å². The summed E-state index contributed by atoms with van der Waals surface area (Å²) in [6, 6.07) is 6.48. The van der Waals surface area contributed by atoms with Crippen LogP contribution in [0.15, 0.2) is 30.9 Å². The van der Waals surface area contributed by atoms with E-state index >= 15 is 0 Å². The van der Waals surface area contributed by atoms with E-state index < -0.39 is 0 Å². The fourth-order valence-corrected chi connectivity index (χ4v) is 2.96. The van der Waals surface area contributed by atoms with E-state index in [1.54, 1.807) is 0 Å². The number of hydrogen-bond donors (Lipinski definition) is 1. The molecular weight excluding hydrogens is 276 g/mol. The molecule has 1 aromatic rings. The summed E-state index contributed by atoms with van der Waals surface area (Å²) in [5.41, 5.74) is 3.74. The first kappa shape index (κ1) is 16.3. The predicted octanol–water partition coefficient (Wildman–Crippen LogP) is 2.52. The summed E-state index contributed by atoms with van der Waals surface area (Å²) in [5.74, 6) is -0.325. The second kappa shape index (κ2) is 7.25. The molecule has 1 aliphatic carbocycles. The van der Waals surface area contributed by atoms with Crippen LogP contribution in [0.4, 0.5) is 0 Å². The Kier molecular flexibility index (Phi) is 5.36. The van der Waals surface area contributed by atoms with Crippen molar-refractivity contribution in [2.75, 3.05) is 13.1 Å². The minimum absolute atomic E-state index is 0.0497. The molecule has 0 bridgehead atoms. The molecule has 1 aromatic carbocycles. The maximum Gasteiger partial charge on any atom is 0.246 e. The van der Waals surface area contributed by atoms with Gasteiger partial charge in [-0.1, -0.05) is 30.3 Å². The van der Waals surface area contributed by atoms with E-state index in [0.29, 0.717) is 6.54 Å². The molecule has 4 nitrogen and oxygen atoms in total. The molecule has 22 heavy (non-hydrogen) atoms. The number of likely N-dealkylation sites (N-methyl/N-ethyl adjacent to an activating group) is 1. The first-order valence-electron chi connectivity index (χ1n) is 7.85. The zero-order chi connectivity index (χ0) is 16.1. The van der Waals surface area contributed by atoms with E-state index in [0.717, 1.165) is 19.3 Å². The topological polar surface area (TPSA) is 49.4 Å². The van der Waals surface area contributed by atoms with Crippen molar-refractivity contribution in [2.24, 2.45) is 0 Å². The van der Waals surface area contributed by atoms with Crippen LogP contribution in [0.5, 0.6) is 0 Å². The fraction of sp³-hybridized carbons (Fsp3) is 0.444. The summed E-state index contributed by atoms with van der Waals surface area (Å²) in [6.45, 7) is 7.97. The highest BCUT2D eigenvalue weighted by Crippen LogP contribution is 2.30. The van der Waals surface area contributed by atoms with Crippen molar-refractivity contribution in [3.63, 3.8) is 0 Å². The summed E-state index contributed by atoms with van der Waals surface area (Å²) >= 11 is 0. The molecule has 118 valence electrons. The molecular formula is C18H24N2O2. The van der Waals surface area contributed by atoms with Gasteiger partial charge in [-0.25, -0.2) is 0 Å². The van der Waals surface area contributed by atoms with Gasteiger partial charge in [0.15, 0.2) is 0 Å². The van der Waals surface area contributed by atoms with Crippen LogP contribution in [0, 0.1) is 6.92 Å². The van der Waals surface area contributed by atoms with Gasteiger partial charge in [-0.05, 0) is 50.3 Å². The summed E-state index contributed by atoms with van der Waals surface area (Å²) < 4.78 is 0. The monoisotopic (exact) mass is 300 g/mol. The lowest BCUT2D eigenvalue weighted by Gasteiger charge is -2.28. The summed E-state index contributed by atoms with van der Waals surface area (Å²) in [4.78, 5) is 25.4.